The SMILES string of the molecule is O=C1OC(=O)c2cccc3c2C(=O)OC(=O)c2c1cccc2S3(=O)=O. The molecule has 0 atom stereocenters. The molecule has 2 aromatic rings. The van der Waals surface area contributed by atoms with Crippen molar-refractivity contribution in [1.29, 1.82) is 0 Å². The van der Waals surface area contributed by atoms with Crippen molar-refractivity contribution in [3.05, 3.63) is 58.7 Å². The Hall–Kier alpha value is -3.33. The standard InChI is InChI=1S/C16H6O8S/c17-13-7-3-1-5-9-11(7)15(19)24-16(20)12-8(14(18)23-13)4-2-6-10(12)25(9,21)22/h1-6H. The molecule has 124 valence electrons. The molecular formula is C16H6O8S. The van der Waals surface area contributed by atoms with E-state index in [2.05, 4.69) is 4.74 Å². The van der Waals surface area contributed by atoms with Crippen molar-refractivity contribution in [2.45, 2.75) is 9.79 Å². The third-order valence-corrected chi connectivity index (χ3v) is 5.69. The number of sulfone groups is 1. The number of carbonyl (C=O) groups is 4. The lowest BCUT2D eigenvalue weighted by Crippen LogP contribution is -2.29. The molecule has 3 aliphatic rings. The molecule has 0 N–H and O–H groups in total. The summed E-state index contributed by atoms with van der Waals surface area (Å²) < 4.78 is 35.4. The number of ether oxygens (including phenoxy) is 2. The Morgan fingerprint density at radius 2 is 1.00 bits per heavy atom. The van der Waals surface area contributed by atoms with Gasteiger partial charge in [-0.2, -0.15) is 0 Å². The van der Waals surface area contributed by atoms with E-state index in [4.69, 9.17) is 4.74 Å². The van der Waals surface area contributed by atoms with Crippen LogP contribution in [-0.2, 0) is 19.3 Å². The number of esters is 4. The molecule has 6 bridgehead atoms. The normalized spacial score (nSPS) is 17.6. The largest absolute Gasteiger partial charge is 0.386 e. The molecule has 0 fully saturated rings. The summed E-state index contributed by atoms with van der Waals surface area (Å²) in [6.45, 7) is 0. The summed E-state index contributed by atoms with van der Waals surface area (Å²) in [5.41, 5.74) is -2.26. The predicted octanol–water partition coefficient (Wildman–Crippen LogP) is 1.14. The van der Waals surface area contributed by atoms with Crippen molar-refractivity contribution in [2.75, 3.05) is 0 Å². The fraction of sp³-hybridized carbons (Fsp3) is 0. The highest BCUT2D eigenvalue weighted by Crippen LogP contribution is 2.35. The Morgan fingerprint density at radius 3 is 1.44 bits per heavy atom. The monoisotopic (exact) mass is 358 g/mol. The summed E-state index contributed by atoms with van der Waals surface area (Å²) in [6.07, 6.45) is 0. The number of carbonyl (C=O) groups excluding carboxylic acids is 4. The predicted molar refractivity (Wildman–Crippen MR) is 77.8 cm³/mol. The van der Waals surface area contributed by atoms with Gasteiger partial charge in [0.05, 0.1) is 32.0 Å². The van der Waals surface area contributed by atoms with E-state index in [0.717, 1.165) is 24.3 Å². The van der Waals surface area contributed by atoms with Gasteiger partial charge in [0, 0.05) is 0 Å². The first-order valence-electron chi connectivity index (χ1n) is 6.86. The average molecular weight is 358 g/mol. The second kappa shape index (κ2) is 4.84. The molecule has 3 heterocycles. The van der Waals surface area contributed by atoms with Crippen LogP contribution in [0.2, 0.25) is 0 Å². The van der Waals surface area contributed by atoms with Crippen LogP contribution < -0.4 is 0 Å². The van der Waals surface area contributed by atoms with Crippen LogP contribution >= 0.6 is 0 Å². The van der Waals surface area contributed by atoms with E-state index in [0.29, 0.717) is 0 Å². The van der Waals surface area contributed by atoms with Crippen LogP contribution in [0.3, 0.4) is 0 Å². The molecule has 0 radical (unpaired) electrons. The second-order valence-corrected chi connectivity index (χ2v) is 7.10. The van der Waals surface area contributed by atoms with Gasteiger partial charge in [0.25, 0.3) is 0 Å². The molecule has 0 aromatic heterocycles. The van der Waals surface area contributed by atoms with E-state index in [1.165, 1.54) is 12.1 Å². The van der Waals surface area contributed by atoms with Gasteiger partial charge in [-0.15, -0.1) is 0 Å². The van der Waals surface area contributed by atoms with Crippen LogP contribution in [0.4, 0.5) is 0 Å². The molecule has 2 aromatic carbocycles. The summed E-state index contributed by atoms with van der Waals surface area (Å²) >= 11 is 0. The molecule has 0 saturated carbocycles. The maximum absolute atomic E-state index is 13.0. The number of benzene rings is 2. The summed E-state index contributed by atoms with van der Waals surface area (Å²) in [5.74, 6) is -5.07. The Labute approximate surface area is 139 Å². The number of rotatable bonds is 0. The molecule has 9 heteroatoms. The first-order valence-corrected chi connectivity index (χ1v) is 8.35. The maximum Gasteiger partial charge on any atom is 0.348 e. The van der Waals surface area contributed by atoms with Gasteiger partial charge in [0.15, 0.2) is 0 Å². The van der Waals surface area contributed by atoms with Crippen LogP contribution in [0.1, 0.15) is 41.4 Å². The molecule has 5 rings (SSSR count). The molecule has 25 heavy (non-hydrogen) atoms. The Bertz CT molecular complexity index is 1050. The van der Waals surface area contributed by atoms with E-state index in [1.54, 1.807) is 0 Å². The Morgan fingerprint density at radius 1 is 0.600 bits per heavy atom. The minimum Gasteiger partial charge on any atom is -0.386 e. The molecule has 3 aliphatic heterocycles. The van der Waals surface area contributed by atoms with Crippen molar-refractivity contribution in [1.82, 2.24) is 0 Å². The van der Waals surface area contributed by atoms with Crippen LogP contribution in [0.15, 0.2) is 46.2 Å². The lowest BCUT2D eigenvalue weighted by Gasteiger charge is -2.21. The molecular weight excluding hydrogens is 352 g/mol. The topological polar surface area (TPSA) is 121 Å². The molecule has 8 nitrogen and oxygen atoms in total. The van der Waals surface area contributed by atoms with E-state index in [1.807, 2.05) is 0 Å². The summed E-state index contributed by atoms with van der Waals surface area (Å²) in [6, 6.07) is 6.87. The highest BCUT2D eigenvalue weighted by molar-refractivity contribution is 7.91. The second-order valence-electron chi connectivity index (χ2n) is 5.21. The first-order chi connectivity index (χ1) is 11.8. The van der Waals surface area contributed by atoms with Crippen molar-refractivity contribution < 1.29 is 37.1 Å². The number of hydrogen-bond acceptors (Lipinski definition) is 8. The Kier molecular flexibility index (Phi) is 2.94. The van der Waals surface area contributed by atoms with Crippen molar-refractivity contribution in [3.63, 3.8) is 0 Å². The smallest absolute Gasteiger partial charge is 0.348 e. The van der Waals surface area contributed by atoms with E-state index in [-0.39, 0.29) is 0 Å². The molecule has 0 unspecified atom stereocenters. The minimum atomic E-state index is -4.38. The zero-order chi connectivity index (χ0) is 17.9. The van der Waals surface area contributed by atoms with Gasteiger partial charge in [0.2, 0.25) is 9.84 Å². The van der Waals surface area contributed by atoms with E-state index in [9.17, 15) is 27.6 Å². The lowest BCUT2D eigenvalue weighted by molar-refractivity contribution is 0.0328. The van der Waals surface area contributed by atoms with Crippen LogP contribution in [0, 0.1) is 0 Å². The fourth-order valence-corrected chi connectivity index (χ4v) is 4.45. The molecule has 0 spiro atoms. The van der Waals surface area contributed by atoms with Gasteiger partial charge in [-0.3, -0.25) is 0 Å². The summed E-state index contributed by atoms with van der Waals surface area (Å²) in [7, 11) is -4.38. The van der Waals surface area contributed by atoms with Crippen LogP contribution in [-0.4, -0.2) is 32.3 Å². The highest BCUT2D eigenvalue weighted by atomic mass is 32.2. The van der Waals surface area contributed by atoms with Gasteiger partial charge >= 0.3 is 23.9 Å². The number of hydrogen-bond donors (Lipinski definition) is 0. The lowest BCUT2D eigenvalue weighted by atomic mass is 10.0. The maximum atomic E-state index is 13.0. The first kappa shape index (κ1) is 15.2. The van der Waals surface area contributed by atoms with Gasteiger partial charge in [-0.05, 0) is 24.3 Å². The van der Waals surface area contributed by atoms with Gasteiger partial charge < -0.3 is 9.47 Å². The zero-order valence-corrected chi connectivity index (χ0v) is 13.0. The third kappa shape index (κ3) is 1.96. The summed E-state index contributed by atoms with van der Waals surface area (Å²) in [4.78, 5) is 48.1. The number of fused-ring (bicyclic) bond motifs is 4. The van der Waals surface area contributed by atoms with Gasteiger partial charge in [0.1, 0.15) is 0 Å². The van der Waals surface area contributed by atoms with Crippen LogP contribution in [0.5, 0.6) is 0 Å². The quantitative estimate of drug-likeness (QED) is 0.508. The minimum absolute atomic E-state index is 0.485. The highest BCUT2D eigenvalue weighted by Gasteiger charge is 2.41. The van der Waals surface area contributed by atoms with Crippen molar-refractivity contribution in [2.24, 2.45) is 0 Å². The molecule has 0 amide bonds. The molecule has 0 aliphatic carbocycles. The average Bonchev–Trinajstić information content (AvgIpc) is 2.58. The Balaban J connectivity index is 2.29. The van der Waals surface area contributed by atoms with E-state index < -0.39 is 65.8 Å². The van der Waals surface area contributed by atoms with E-state index >= 15 is 0 Å². The van der Waals surface area contributed by atoms with Crippen LogP contribution in [0.25, 0.3) is 0 Å². The van der Waals surface area contributed by atoms with Crippen molar-refractivity contribution >= 4 is 33.7 Å². The summed E-state index contributed by atoms with van der Waals surface area (Å²) in [5, 5.41) is 0. The third-order valence-electron chi connectivity index (χ3n) is 3.85. The van der Waals surface area contributed by atoms with Crippen molar-refractivity contribution in [3.8, 4) is 0 Å². The zero-order valence-electron chi connectivity index (χ0n) is 12.1. The van der Waals surface area contributed by atoms with Gasteiger partial charge in [-0.1, -0.05) is 12.1 Å². The van der Waals surface area contributed by atoms with Gasteiger partial charge in [-0.25, -0.2) is 27.6 Å². The molecule has 0 saturated heterocycles. The fourth-order valence-electron chi connectivity index (χ4n) is 2.77.